The van der Waals surface area contributed by atoms with E-state index in [1.165, 1.54) is 6.07 Å². The van der Waals surface area contributed by atoms with E-state index in [1.807, 2.05) is 36.4 Å². The Balaban J connectivity index is 1.36. The van der Waals surface area contributed by atoms with Gasteiger partial charge in [-0.3, -0.25) is 14.8 Å². The number of anilines is 3. The average molecular weight is 488 g/mol. The molecule has 0 aliphatic carbocycles. The number of carbonyl (C=O) groups excluding carboxylic acids is 1. The first-order valence-electron chi connectivity index (χ1n) is 10.6. The standard InChI is InChI=1S/C24H21ClF3N5O/c25-20-6-5-17(13-19(20)24(26,27)28)33-22(34)7-4-15-2-1-3-16(12-15)32-18-8-9-29-21(14-18)23-30-10-11-31-23/h1-3,5-6,8-9,12-14H,4,7,10-11H2,(H,29,32)(H,30,31)(H,33,34). The lowest BCUT2D eigenvalue weighted by Crippen LogP contribution is -2.20. The highest BCUT2D eigenvalue weighted by atomic mass is 35.5. The quantitative estimate of drug-likeness (QED) is 0.416. The van der Waals surface area contributed by atoms with Gasteiger partial charge >= 0.3 is 6.18 Å². The molecule has 0 unspecified atom stereocenters. The normalized spacial score (nSPS) is 13.2. The van der Waals surface area contributed by atoms with Crippen molar-refractivity contribution in [1.82, 2.24) is 10.3 Å². The molecule has 2 heterocycles. The molecule has 0 atom stereocenters. The summed E-state index contributed by atoms with van der Waals surface area (Å²) in [6.45, 7) is 1.53. The van der Waals surface area contributed by atoms with Crippen LogP contribution in [0.5, 0.6) is 0 Å². The van der Waals surface area contributed by atoms with Crippen LogP contribution in [-0.2, 0) is 17.4 Å². The minimum atomic E-state index is -4.60. The van der Waals surface area contributed by atoms with Crippen molar-refractivity contribution in [3.8, 4) is 0 Å². The second-order valence-electron chi connectivity index (χ2n) is 7.65. The Morgan fingerprint density at radius 2 is 1.88 bits per heavy atom. The predicted molar refractivity (Wildman–Crippen MR) is 127 cm³/mol. The number of benzene rings is 2. The highest BCUT2D eigenvalue weighted by molar-refractivity contribution is 6.31. The van der Waals surface area contributed by atoms with E-state index in [1.54, 1.807) is 6.20 Å². The van der Waals surface area contributed by atoms with Crippen molar-refractivity contribution < 1.29 is 18.0 Å². The summed E-state index contributed by atoms with van der Waals surface area (Å²) in [5, 5.41) is 8.60. The average Bonchev–Trinajstić information content (AvgIpc) is 3.34. The van der Waals surface area contributed by atoms with E-state index in [-0.39, 0.29) is 12.1 Å². The molecule has 1 aliphatic rings. The van der Waals surface area contributed by atoms with E-state index < -0.39 is 22.7 Å². The summed E-state index contributed by atoms with van der Waals surface area (Å²) in [5.41, 5.74) is 2.41. The lowest BCUT2D eigenvalue weighted by Gasteiger charge is -2.12. The van der Waals surface area contributed by atoms with Crippen LogP contribution in [-0.4, -0.2) is 29.8 Å². The maximum atomic E-state index is 13.0. The third-order valence-electron chi connectivity index (χ3n) is 5.09. The molecule has 4 rings (SSSR count). The van der Waals surface area contributed by atoms with E-state index >= 15 is 0 Å². The zero-order valence-electron chi connectivity index (χ0n) is 17.9. The molecular formula is C24H21ClF3N5O. The van der Waals surface area contributed by atoms with Crippen molar-refractivity contribution in [2.24, 2.45) is 4.99 Å². The summed E-state index contributed by atoms with van der Waals surface area (Å²) in [7, 11) is 0. The second-order valence-corrected chi connectivity index (χ2v) is 8.06. The van der Waals surface area contributed by atoms with Gasteiger partial charge in [-0.25, -0.2) is 0 Å². The van der Waals surface area contributed by atoms with Crippen LogP contribution < -0.4 is 16.0 Å². The Morgan fingerprint density at radius 1 is 1.06 bits per heavy atom. The van der Waals surface area contributed by atoms with E-state index in [4.69, 9.17) is 11.6 Å². The smallest absolute Gasteiger partial charge is 0.367 e. The fourth-order valence-corrected chi connectivity index (χ4v) is 3.70. The molecule has 176 valence electrons. The van der Waals surface area contributed by atoms with Gasteiger partial charge < -0.3 is 16.0 Å². The first kappa shape index (κ1) is 23.6. The minimum Gasteiger partial charge on any atom is -0.367 e. The predicted octanol–water partition coefficient (Wildman–Crippen LogP) is 5.42. The Bertz CT molecular complexity index is 1230. The molecule has 3 aromatic rings. The number of hydrogen-bond donors (Lipinski definition) is 3. The molecular weight excluding hydrogens is 467 g/mol. The lowest BCUT2D eigenvalue weighted by atomic mass is 10.1. The van der Waals surface area contributed by atoms with Gasteiger partial charge in [0.25, 0.3) is 0 Å². The maximum absolute atomic E-state index is 13.0. The zero-order chi connectivity index (χ0) is 24.1. The van der Waals surface area contributed by atoms with Crippen molar-refractivity contribution in [2.45, 2.75) is 19.0 Å². The molecule has 2 aromatic carbocycles. The van der Waals surface area contributed by atoms with Gasteiger partial charge in [-0.1, -0.05) is 23.7 Å². The zero-order valence-corrected chi connectivity index (χ0v) is 18.7. The van der Waals surface area contributed by atoms with Gasteiger partial charge in [0.05, 0.1) is 17.1 Å². The van der Waals surface area contributed by atoms with Crippen LogP contribution in [0.4, 0.5) is 30.2 Å². The minimum absolute atomic E-state index is 0.0481. The number of alkyl halides is 3. The molecule has 0 saturated carbocycles. The van der Waals surface area contributed by atoms with E-state index in [0.29, 0.717) is 6.42 Å². The number of nitrogens with zero attached hydrogens (tertiary/aromatic N) is 2. The maximum Gasteiger partial charge on any atom is 0.417 e. The number of hydrogen-bond acceptors (Lipinski definition) is 5. The third-order valence-corrected chi connectivity index (χ3v) is 5.42. The van der Waals surface area contributed by atoms with Crippen LogP contribution in [0.2, 0.25) is 5.02 Å². The fourth-order valence-electron chi connectivity index (χ4n) is 3.48. The number of carbonyl (C=O) groups is 1. The molecule has 0 radical (unpaired) electrons. The first-order valence-corrected chi connectivity index (χ1v) is 10.9. The molecule has 0 bridgehead atoms. The summed E-state index contributed by atoms with van der Waals surface area (Å²) >= 11 is 5.62. The Labute approximate surface area is 199 Å². The van der Waals surface area contributed by atoms with Gasteiger partial charge in [-0.15, -0.1) is 0 Å². The number of nitrogens with one attached hydrogen (secondary N) is 3. The fraction of sp³-hybridized carbons (Fsp3) is 0.208. The molecule has 34 heavy (non-hydrogen) atoms. The molecule has 6 nitrogen and oxygen atoms in total. The number of amidine groups is 1. The monoisotopic (exact) mass is 487 g/mol. The van der Waals surface area contributed by atoms with Crippen LogP contribution in [0.25, 0.3) is 0 Å². The van der Waals surface area contributed by atoms with Crippen molar-refractivity contribution in [2.75, 3.05) is 23.7 Å². The van der Waals surface area contributed by atoms with Gasteiger partial charge in [0.1, 0.15) is 11.5 Å². The number of aliphatic imine (C=N–C) groups is 1. The number of halogens is 4. The van der Waals surface area contributed by atoms with Crippen molar-refractivity contribution >= 4 is 40.4 Å². The third kappa shape index (κ3) is 6.05. The second kappa shape index (κ2) is 10.1. The van der Waals surface area contributed by atoms with Crippen LogP contribution in [0.3, 0.4) is 0 Å². The van der Waals surface area contributed by atoms with Crippen LogP contribution in [0.15, 0.2) is 65.8 Å². The summed E-state index contributed by atoms with van der Waals surface area (Å²) in [4.78, 5) is 21.0. The topological polar surface area (TPSA) is 78.4 Å². The summed E-state index contributed by atoms with van der Waals surface area (Å²) < 4.78 is 39.0. The van der Waals surface area contributed by atoms with E-state index in [0.717, 1.165) is 53.7 Å². The number of aryl methyl sites for hydroxylation is 1. The van der Waals surface area contributed by atoms with Crippen molar-refractivity contribution in [1.29, 1.82) is 0 Å². The largest absolute Gasteiger partial charge is 0.417 e. The molecule has 10 heteroatoms. The molecule has 0 fully saturated rings. The lowest BCUT2D eigenvalue weighted by molar-refractivity contribution is -0.137. The molecule has 0 spiro atoms. The van der Waals surface area contributed by atoms with Gasteiger partial charge in [0.2, 0.25) is 5.91 Å². The summed E-state index contributed by atoms with van der Waals surface area (Å²) in [5.74, 6) is 0.379. The highest BCUT2D eigenvalue weighted by Gasteiger charge is 2.33. The molecule has 3 N–H and O–H groups in total. The number of rotatable bonds is 7. The van der Waals surface area contributed by atoms with Crippen LogP contribution in [0.1, 0.15) is 23.2 Å². The summed E-state index contributed by atoms with van der Waals surface area (Å²) in [6.07, 6.45) is -2.36. The molecule has 1 amide bonds. The van der Waals surface area contributed by atoms with E-state index in [9.17, 15) is 18.0 Å². The molecule has 0 saturated heterocycles. The highest BCUT2D eigenvalue weighted by Crippen LogP contribution is 2.36. The van der Waals surface area contributed by atoms with Crippen LogP contribution >= 0.6 is 11.6 Å². The van der Waals surface area contributed by atoms with Gasteiger partial charge in [-0.2, -0.15) is 13.2 Å². The molecule has 1 aliphatic heterocycles. The number of amides is 1. The number of pyridine rings is 1. The Hall–Kier alpha value is -3.59. The van der Waals surface area contributed by atoms with Crippen molar-refractivity contribution in [3.05, 3.63) is 82.6 Å². The van der Waals surface area contributed by atoms with E-state index in [2.05, 4.69) is 25.9 Å². The SMILES string of the molecule is O=C(CCc1cccc(Nc2ccnc(C3=NCCN3)c2)c1)Nc1ccc(Cl)c(C(F)(F)F)c1. The van der Waals surface area contributed by atoms with Crippen LogP contribution in [0, 0.1) is 0 Å². The summed E-state index contributed by atoms with van der Waals surface area (Å²) in [6, 6.07) is 14.6. The van der Waals surface area contributed by atoms with Gasteiger partial charge in [-0.05, 0) is 54.4 Å². The Kier molecular flexibility index (Phi) is 7.02. The first-order chi connectivity index (χ1) is 16.3. The van der Waals surface area contributed by atoms with Gasteiger partial charge in [0, 0.05) is 36.2 Å². The van der Waals surface area contributed by atoms with Crippen molar-refractivity contribution in [3.63, 3.8) is 0 Å². The molecule has 1 aromatic heterocycles. The number of aromatic nitrogens is 1. The Morgan fingerprint density at radius 3 is 2.65 bits per heavy atom. The van der Waals surface area contributed by atoms with Gasteiger partial charge in [0.15, 0.2) is 0 Å².